The highest BCUT2D eigenvalue weighted by Gasteiger charge is 2.04. The lowest BCUT2D eigenvalue weighted by Crippen LogP contribution is -2.06. The van der Waals surface area contributed by atoms with Gasteiger partial charge in [0, 0.05) is 0 Å². The van der Waals surface area contributed by atoms with Crippen LogP contribution in [0.2, 0.25) is 0 Å². The molecule has 2 N–H and O–H groups in total. The molecule has 0 spiro atoms. The smallest absolute Gasteiger partial charge is 0.161 e. The molecule has 0 heterocycles. The second-order valence-corrected chi connectivity index (χ2v) is 4.94. The summed E-state index contributed by atoms with van der Waals surface area (Å²) in [6.45, 7) is 2.91. The molecule has 0 aliphatic rings. The Hall–Kier alpha value is -2.89. The Morgan fingerprint density at radius 1 is 1.04 bits per heavy atom. The molecule has 2 aromatic carbocycles. The van der Waals surface area contributed by atoms with E-state index in [4.69, 9.17) is 14.2 Å². The zero-order chi connectivity index (χ0) is 17.4. The van der Waals surface area contributed by atoms with Gasteiger partial charge in [-0.3, -0.25) is 0 Å². The minimum atomic E-state index is 0.118. The van der Waals surface area contributed by atoms with Crippen LogP contribution < -0.4 is 19.6 Å². The summed E-state index contributed by atoms with van der Waals surface area (Å²) < 4.78 is 15.8. The van der Waals surface area contributed by atoms with Gasteiger partial charge in [-0.2, -0.15) is 5.10 Å². The number of methoxy groups -OCH3 is 2. The molecule has 0 saturated carbocycles. The molecule has 0 unspecified atom stereocenters. The fraction of sp³-hybridized carbons (Fsp3) is 0.278. The van der Waals surface area contributed by atoms with E-state index < -0.39 is 0 Å². The van der Waals surface area contributed by atoms with Crippen molar-refractivity contribution in [3.63, 3.8) is 0 Å². The minimum absolute atomic E-state index is 0.118. The van der Waals surface area contributed by atoms with Gasteiger partial charge in [0.1, 0.15) is 0 Å². The van der Waals surface area contributed by atoms with Gasteiger partial charge in [-0.05, 0) is 48.4 Å². The predicted octanol–water partition coefficient (Wildman–Crippen LogP) is 2.93. The van der Waals surface area contributed by atoms with Gasteiger partial charge in [-0.25, -0.2) is 0 Å². The fourth-order valence-electron chi connectivity index (χ4n) is 2.13. The maximum absolute atomic E-state index is 9.67. The number of hydrogen-bond donors (Lipinski definition) is 2. The van der Waals surface area contributed by atoms with Crippen LogP contribution in [0.3, 0.4) is 0 Å². The van der Waals surface area contributed by atoms with E-state index in [2.05, 4.69) is 10.5 Å². The van der Waals surface area contributed by atoms with Gasteiger partial charge in [0.15, 0.2) is 23.0 Å². The molecule has 128 valence electrons. The summed E-state index contributed by atoms with van der Waals surface area (Å²) in [6.07, 6.45) is 1.67. The quantitative estimate of drug-likeness (QED) is 0.575. The largest absolute Gasteiger partial charge is 0.504 e. The standard InChI is InChI=1S/C18H22N2O4/c1-4-24-17-9-13(5-7-15(17)21)11-19-20-12-14-6-8-16(22-2)18(10-14)23-3/h5-11,20-21H,4,12H2,1-3H3/b19-11+. The average Bonchev–Trinajstić information content (AvgIpc) is 2.61. The van der Waals surface area contributed by atoms with Crippen LogP contribution in [0.1, 0.15) is 18.1 Å². The van der Waals surface area contributed by atoms with E-state index in [1.807, 2.05) is 25.1 Å². The van der Waals surface area contributed by atoms with E-state index in [1.54, 1.807) is 38.6 Å². The molecule has 0 bridgehead atoms. The molecule has 2 aromatic rings. The van der Waals surface area contributed by atoms with Crippen molar-refractivity contribution in [3.8, 4) is 23.0 Å². The molecule has 0 atom stereocenters. The first-order valence-electron chi connectivity index (χ1n) is 7.60. The third-order valence-electron chi connectivity index (χ3n) is 3.32. The summed E-state index contributed by atoms with van der Waals surface area (Å²) in [4.78, 5) is 0. The minimum Gasteiger partial charge on any atom is -0.504 e. The van der Waals surface area contributed by atoms with Crippen molar-refractivity contribution < 1.29 is 19.3 Å². The summed E-state index contributed by atoms with van der Waals surface area (Å²) in [7, 11) is 3.21. The summed E-state index contributed by atoms with van der Waals surface area (Å²) in [5.74, 6) is 1.94. The normalized spacial score (nSPS) is 10.6. The lowest BCUT2D eigenvalue weighted by Gasteiger charge is -2.09. The maximum atomic E-state index is 9.67. The zero-order valence-corrected chi connectivity index (χ0v) is 14.1. The Labute approximate surface area is 141 Å². The number of phenols is 1. The maximum Gasteiger partial charge on any atom is 0.161 e. The first-order chi connectivity index (χ1) is 11.7. The number of nitrogens with one attached hydrogen (secondary N) is 1. The summed E-state index contributed by atoms with van der Waals surface area (Å²) in [6, 6.07) is 10.8. The lowest BCUT2D eigenvalue weighted by molar-refractivity contribution is 0.318. The van der Waals surface area contributed by atoms with Gasteiger partial charge in [-0.15, -0.1) is 0 Å². The van der Waals surface area contributed by atoms with Gasteiger partial charge < -0.3 is 24.7 Å². The van der Waals surface area contributed by atoms with Gasteiger partial charge >= 0.3 is 0 Å². The van der Waals surface area contributed by atoms with Gasteiger partial charge in [0.25, 0.3) is 0 Å². The summed E-state index contributed by atoms with van der Waals surface area (Å²) in [5, 5.41) is 13.9. The zero-order valence-electron chi connectivity index (χ0n) is 14.1. The average molecular weight is 330 g/mol. The molecule has 24 heavy (non-hydrogen) atoms. The Morgan fingerprint density at radius 2 is 1.83 bits per heavy atom. The van der Waals surface area contributed by atoms with Gasteiger partial charge in [-0.1, -0.05) is 6.07 Å². The number of rotatable bonds is 8. The summed E-state index contributed by atoms with van der Waals surface area (Å²) >= 11 is 0. The fourth-order valence-corrected chi connectivity index (χ4v) is 2.13. The van der Waals surface area contributed by atoms with Crippen molar-refractivity contribution >= 4 is 6.21 Å². The molecule has 0 saturated heterocycles. The monoisotopic (exact) mass is 330 g/mol. The van der Waals surface area contributed by atoms with E-state index in [9.17, 15) is 5.11 Å². The van der Waals surface area contributed by atoms with E-state index >= 15 is 0 Å². The molecular weight excluding hydrogens is 308 g/mol. The third kappa shape index (κ3) is 4.55. The van der Waals surface area contributed by atoms with E-state index in [0.29, 0.717) is 30.4 Å². The van der Waals surface area contributed by atoms with Gasteiger partial charge in [0.2, 0.25) is 0 Å². The SMILES string of the molecule is CCOc1cc(/C=N/NCc2ccc(OC)c(OC)c2)ccc1O. The number of benzene rings is 2. The molecule has 0 aliphatic carbocycles. The van der Waals surface area contributed by atoms with Crippen LogP contribution in [-0.2, 0) is 6.54 Å². The van der Waals surface area contributed by atoms with Crippen LogP contribution in [0.5, 0.6) is 23.0 Å². The van der Waals surface area contributed by atoms with Crippen LogP contribution in [-0.4, -0.2) is 32.1 Å². The second kappa shape index (κ2) is 8.67. The van der Waals surface area contributed by atoms with Crippen molar-refractivity contribution in [1.29, 1.82) is 0 Å². The lowest BCUT2D eigenvalue weighted by atomic mass is 10.2. The molecule has 6 nitrogen and oxygen atoms in total. The molecule has 0 aliphatic heterocycles. The first-order valence-corrected chi connectivity index (χ1v) is 7.60. The van der Waals surface area contributed by atoms with Crippen LogP contribution in [0, 0.1) is 0 Å². The molecule has 0 fully saturated rings. The molecule has 0 radical (unpaired) electrons. The van der Waals surface area contributed by atoms with Crippen LogP contribution in [0.4, 0.5) is 0 Å². The highest BCUT2D eigenvalue weighted by molar-refractivity contribution is 5.80. The highest BCUT2D eigenvalue weighted by Crippen LogP contribution is 2.27. The highest BCUT2D eigenvalue weighted by atomic mass is 16.5. The second-order valence-electron chi connectivity index (χ2n) is 4.94. The number of aromatic hydroxyl groups is 1. The Balaban J connectivity index is 1.96. The van der Waals surface area contributed by atoms with E-state index in [1.165, 1.54) is 0 Å². The van der Waals surface area contributed by atoms with Crippen molar-refractivity contribution in [3.05, 3.63) is 47.5 Å². The van der Waals surface area contributed by atoms with Crippen molar-refractivity contribution in [1.82, 2.24) is 5.43 Å². The summed E-state index contributed by atoms with van der Waals surface area (Å²) in [5.41, 5.74) is 4.82. The Bertz CT molecular complexity index is 701. The number of ether oxygens (including phenoxy) is 3. The van der Waals surface area contributed by atoms with Crippen LogP contribution in [0.15, 0.2) is 41.5 Å². The number of phenolic OH excluding ortho intramolecular Hbond substituents is 1. The van der Waals surface area contributed by atoms with E-state index in [0.717, 1.165) is 11.1 Å². The number of hydrogen-bond acceptors (Lipinski definition) is 6. The molecule has 0 amide bonds. The number of nitrogens with zero attached hydrogens (tertiary/aromatic N) is 1. The Kier molecular flexibility index (Phi) is 6.31. The third-order valence-corrected chi connectivity index (χ3v) is 3.32. The first kappa shape index (κ1) is 17.5. The number of hydrazone groups is 1. The molecule has 2 rings (SSSR count). The van der Waals surface area contributed by atoms with E-state index in [-0.39, 0.29) is 5.75 Å². The van der Waals surface area contributed by atoms with Crippen molar-refractivity contribution in [2.75, 3.05) is 20.8 Å². The molecular formula is C18H22N2O4. The predicted molar refractivity (Wildman–Crippen MR) is 93.3 cm³/mol. The van der Waals surface area contributed by atoms with Crippen LogP contribution in [0.25, 0.3) is 0 Å². The molecule has 6 heteroatoms. The Morgan fingerprint density at radius 3 is 2.54 bits per heavy atom. The molecule has 0 aromatic heterocycles. The van der Waals surface area contributed by atoms with Crippen LogP contribution >= 0.6 is 0 Å². The van der Waals surface area contributed by atoms with Gasteiger partial charge in [0.05, 0.1) is 33.6 Å². The topological polar surface area (TPSA) is 72.3 Å². The van der Waals surface area contributed by atoms with Crippen molar-refractivity contribution in [2.24, 2.45) is 5.10 Å². The van der Waals surface area contributed by atoms with Crippen molar-refractivity contribution in [2.45, 2.75) is 13.5 Å².